The summed E-state index contributed by atoms with van der Waals surface area (Å²) >= 11 is 0. The molecule has 1 amide bonds. The molecule has 0 unspecified atom stereocenters. The summed E-state index contributed by atoms with van der Waals surface area (Å²) in [6.07, 6.45) is 5.29. The van der Waals surface area contributed by atoms with Crippen LogP contribution in [0.25, 0.3) is 32.9 Å². The number of ether oxygens (including phenoxy) is 1. The highest BCUT2D eigenvalue weighted by Gasteiger charge is 2.44. The Bertz CT molecular complexity index is 1900. The Balaban J connectivity index is 1.61. The number of amides is 1. The maximum atomic E-state index is 13.1. The number of hydrogen-bond acceptors (Lipinski definition) is 5. The molecule has 9 nitrogen and oxygen atoms in total. The van der Waals surface area contributed by atoms with Crippen molar-refractivity contribution in [1.82, 2.24) is 24.6 Å². The molecule has 5 aromatic rings. The molecule has 1 aliphatic carbocycles. The molecule has 2 aromatic carbocycles. The third-order valence-corrected chi connectivity index (χ3v) is 7.74. The van der Waals surface area contributed by atoms with Gasteiger partial charge in [0.1, 0.15) is 22.7 Å². The highest BCUT2D eigenvalue weighted by molar-refractivity contribution is 6.04. The monoisotopic (exact) mass is 534 g/mol. The molecule has 202 valence electrons. The lowest BCUT2D eigenvalue weighted by molar-refractivity contribution is 0.0951. The van der Waals surface area contributed by atoms with Gasteiger partial charge in [-0.05, 0) is 62.9 Å². The van der Waals surface area contributed by atoms with Crippen molar-refractivity contribution in [1.29, 1.82) is 5.26 Å². The minimum absolute atomic E-state index is 0.234. The van der Waals surface area contributed by atoms with Crippen molar-refractivity contribution in [2.75, 3.05) is 6.54 Å². The average molecular weight is 535 g/mol. The van der Waals surface area contributed by atoms with E-state index in [1.54, 1.807) is 25.5 Å². The van der Waals surface area contributed by atoms with Gasteiger partial charge in [-0.2, -0.15) is 10.4 Å². The molecule has 0 aliphatic heterocycles. The summed E-state index contributed by atoms with van der Waals surface area (Å²) in [5.74, 6) is 1.08. The second-order valence-electron chi connectivity index (χ2n) is 10.7. The number of pyridine rings is 1. The molecule has 1 aliphatic rings. The number of nitrogens with zero attached hydrogens (tertiary/aromatic N) is 4. The van der Waals surface area contributed by atoms with Gasteiger partial charge in [0.05, 0.1) is 29.7 Å². The number of rotatable bonds is 7. The first kappa shape index (κ1) is 25.4. The summed E-state index contributed by atoms with van der Waals surface area (Å²) in [4.78, 5) is 28.8. The van der Waals surface area contributed by atoms with Gasteiger partial charge >= 0.3 is 0 Å². The number of fused-ring (bicyclic) bond motifs is 2. The molecule has 1 fully saturated rings. The summed E-state index contributed by atoms with van der Waals surface area (Å²) in [6, 6.07) is 14.1. The molecule has 0 saturated heterocycles. The third kappa shape index (κ3) is 4.22. The van der Waals surface area contributed by atoms with Crippen LogP contribution >= 0.6 is 0 Å². The van der Waals surface area contributed by atoms with E-state index in [0.29, 0.717) is 35.4 Å². The van der Waals surface area contributed by atoms with Crippen LogP contribution in [0, 0.1) is 30.6 Å². The number of H-pyrrole nitrogens is 1. The number of aromatic amines is 1. The summed E-state index contributed by atoms with van der Waals surface area (Å²) in [6.45, 7) is 6.84. The summed E-state index contributed by atoms with van der Waals surface area (Å²) in [5.41, 5.74) is 4.40. The van der Waals surface area contributed by atoms with Gasteiger partial charge in [0.2, 0.25) is 0 Å². The number of nitriles is 1. The lowest BCUT2D eigenvalue weighted by Gasteiger charge is -2.17. The predicted octanol–water partition coefficient (Wildman–Crippen LogP) is 5.35. The van der Waals surface area contributed by atoms with Crippen molar-refractivity contribution < 1.29 is 9.53 Å². The second-order valence-corrected chi connectivity index (χ2v) is 10.7. The zero-order valence-corrected chi connectivity index (χ0v) is 23.0. The van der Waals surface area contributed by atoms with E-state index < -0.39 is 0 Å². The summed E-state index contributed by atoms with van der Waals surface area (Å²) in [7, 11) is 1.69. The average Bonchev–Trinajstić information content (AvgIpc) is 3.39. The van der Waals surface area contributed by atoms with Crippen molar-refractivity contribution in [3.8, 4) is 28.7 Å². The van der Waals surface area contributed by atoms with E-state index in [9.17, 15) is 14.9 Å². The fourth-order valence-corrected chi connectivity index (χ4v) is 5.27. The zero-order valence-electron chi connectivity index (χ0n) is 23.0. The maximum absolute atomic E-state index is 13.1. The summed E-state index contributed by atoms with van der Waals surface area (Å²) in [5, 5.41) is 18.6. The molecule has 1 saturated carbocycles. The van der Waals surface area contributed by atoms with Gasteiger partial charge in [0.15, 0.2) is 0 Å². The minimum atomic E-state index is -0.376. The smallest absolute Gasteiger partial charge is 0.274 e. The van der Waals surface area contributed by atoms with E-state index in [4.69, 9.17) is 4.74 Å². The Morgan fingerprint density at radius 1 is 1.20 bits per heavy atom. The molecule has 2 N–H and O–H groups in total. The fourth-order valence-electron chi connectivity index (χ4n) is 5.27. The third-order valence-electron chi connectivity index (χ3n) is 7.74. The van der Waals surface area contributed by atoms with Gasteiger partial charge in [0.25, 0.3) is 11.5 Å². The van der Waals surface area contributed by atoms with Gasteiger partial charge in [-0.25, -0.2) is 0 Å². The molecular formula is C31H30N6O3. The highest BCUT2D eigenvalue weighted by Crippen LogP contribution is 2.47. The number of nitrogens with one attached hydrogen (secondary N) is 2. The number of carbonyl (C=O) groups excluding carboxylic acids is 1. The molecule has 0 bridgehead atoms. The van der Waals surface area contributed by atoms with Gasteiger partial charge < -0.3 is 19.6 Å². The van der Waals surface area contributed by atoms with Gasteiger partial charge in [0, 0.05) is 41.7 Å². The number of aryl methyl sites for hydroxylation is 3. The standard InChI is InChI=1S/C31H30N6O3/c1-5-33-29(38)24-12-22-23(15-36(4)30(39)27(22)35-24)21-13-25-20(14-34-37(25)17-31(16-32)9-10-31)11-26(21)40-28-18(2)7-6-8-19(28)3/h6-8,11-15,35H,5,9-10,17H2,1-4H3,(H,33,38). The van der Waals surface area contributed by atoms with E-state index in [-0.39, 0.29) is 16.9 Å². The molecule has 40 heavy (non-hydrogen) atoms. The first-order valence-corrected chi connectivity index (χ1v) is 13.4. The fraction of sp³-hybridized carbons (Fsp3) is 0.290. The predicted molar refractivity (Wildman–Crippen MR) is 154 cm³/mol. The molecule has 6 rings (SSSR count). The number of carbonyl (C=O) groups is 1. The molecule has 0 radical (unpaired) electrons. The van der Waals surface area contributed by atoms with Crippen LogP contribution < -0.4 is 15.6 Å². The van der Waals surface area contributed by atoms with Crippen LogP contribution in [0.2, 0.25) is 0 Å². The lowest BCUT2D eigenvalue weighted by atomic mass is 10.0. The van der Waals surface area contributed by atoms with Crippen LogP contribution in [0.15, 0.2) is 53.6 Å². The van der Waals surface area contributed by atoms with Crippen LogP contribution in [0.4, 0.5) is 0 Å². The summed E-state index contributed by atoms with van der Waals surface area (Å²) < 4.78 is 10.0. The Hall–Kier alpha value is -4.84. The highest BCUT2D eigenvalue weighted by atomic mass is 16.5. The maximum Gasteiger partial charge on any atom is 0.274 e. The Labute approximate surface area is 231 Å². The normalized spacial score (nSPS) is 13.9. The first-order valence-electron chi connectivity index (χ1n) is 13.4. The lowest BCUT2D eigenvalue weighted by Crippen LogP contribution is -2.23. The van der Waals surface area contributed by atoms with Crippen molar-refractivity contribution in [2.45, 2.75) is 40.2 Å². The van der Waals surface area contributed by atoms with E-state index in [1.807, 2.05) is 55.8 Å². The SMILES string of the molecule is CCNC(=O)c1cc2c(-c3cc4c(cnn4CC4(C#N)CC4)cc3Oc3c(C)cccc3C)cn(C)c(=O)c2[nH]1. The largest absolute Gasteiger partial charge is 0.456 e. The second kappa shape index (κ2) is 9.42. The van der Waals surface area contributed by atoms with Crippen molar-refractivity contribution >= 4 is 27.7 Å². The first-order chi connectivity index (χ1) is 19.2. The molecule has 3 heterocycles. The number of para-hydroxylation sites is 1. The van der Waals surface area contributed by atoms with Crippen molar-refractivity contribution in [3.63, 3.8) is 0 Å². The quantitative estimate of drug-likeness (QED) is 0.292. The van der Waals surface area contributed by atoms with Gasteiger partial charge in [-0.15, -0.1) is 0 Å². The number of benzene rings is 2. The van der Waals surface area contributed by atoms with Crippen molar-refractivity contribution in [3.05, 3.63) is 76.0 Å². The molecule has 3 aromatic heterocycles. The Morgan fingerprint density at radius 3 is 2.62 bits per heavy atom. The number of hydrogen-bond donors (Lipinski definition) is 2. The Morgan fingerprint density at radius 2 is 1.95 bits per heavy atom. The molecule has 0 atom stereocenters. The van der Waals surface area contributed by atoms with E-state index in [2.05, 4.69) is 21.5 Å². The van der Waals surface area contributed by atoms with Crippen LogP contribution in [-0.4, -0.2) is 31.8 Å². The van der Waals surface area contributed by atoms with Gasteiger partial charge in [-0.1, -0.05) is 18.2 Å². The number of aromatic nitrogens is 4. The molecule has 0 spiro atoms. The van der Waals surface area contributed by atoms with E-state index >= 15 is 0 Å². The Kier molecular flexibility index (Phi) is 5.99. The van der Waals surface area contributed by atoms with Crippen LogP contribution in [0.3, 0.4) is 0 Å². The molecule has 9 heteroatoms. The van der Waals surface area contributed by atoms with Crippen LogP contribution in [0.5, 0.6) is 11.5 Å². The van der Waals surface area contributed by atoms with Crippen molar-refractivity contribution in [2.24, 2.45) is 12.5 Å². The van der Waals surface area contributed by atoms with E-state index in [0.717, 1.165) is 51.7 Å². The topological polar surface area (TPSA) is 118 Å². The zero-order chi connectivity index (χ0) is 28.2. The van der Waals surface area contributed by atoms with Gasteiger partial charge in [-0.3, -0.25) is 14.3 Å². The molecular weight excluding hydrogens is 504 g/mol. The van der Waals surface area contributed by atoms with Crippen LogP contribution in [-0.2, 0) is 13.6 Å². The van der Waals surface area contributed by atoms with Crippen LogP contribution in [0.1, 0.15) is 41.4 Å². The minimum Gasteiger partial charge on any atom is -0.456 e. The van der Waals surface area contributed by atoms with E-state index in [1.165, 1.54) is 4.57 Å².